The predicted octanol–water partition coefficient (Wildman–Crippen LogP) is 2.04. The summed E-state index contributed by atoms with van der Waals surface area (Å²) in [7, 11) is 0. The number of para-hydroxylation sites is 1. The van der Waals surface area contributed by atoms with E-state index in [2.05, 4.69) is 0 Å². The minimum absolute atomic E-state index is 0.127. The zero-order valence-electron chi connectivity index (χ0n) is 12.2. The summed E-state index contributed by atoms with van der Waals surface area (Å²) in [4.78, 5) is 16.6. The molecule has 1 amide bonds. The van der Waals surface area contributed by atoms with E-state index in [0.29, 0.717) is 24.5 Å². The summed E-state index contributed by atoms with van der Waals surface area (Å²) in [6, 6.07) is 9.88. The van der Waals surface area contributed by atoms with E-state index in [4.69, 9.17) is 18.0 Å². The smallest absolute Gasteiger partial charge is 0.242 e. The fraction of sp³-hybridized carbons (Fsp3) is 0.467. The second-order valence-corrected chi connectivity index (χ2v) is 5.06. The zero-order valence-corrected chi connectivity index (χ0v) is 13.0. The Morgan fingerprint density at radius 3 is 2.30 bits per heavy atom. The Morgan fingerprint density at radius 1 is 1.20 bits per heavy atom. The van der Waals surface area contributed by atoms with E-state index < -0.39 is 0 Å². The van der Waals surface area contributed by atoms with Crippen molar-refractivity contribution in [2.24, 2.45) is 5.73 Å². The Bertz CT molecular complexity index is 432. The molecule has 4 nitrogen and oxygen atoms in total. The van der Waals surface area contributed by atoms with Gasteiger partial charge in [-0.15, -0.1) is 0 Å². The maximum atomic E-state index is 12.3. The van der Waals surface area contributed by atoms with Crippen LogP contribution >= 0.6 is 12.2 Å². The van der Waals surface area contributed by atoms with Crippen LogP contribution in [0, 0.1) is 0 Å². The van der Waals surface area contributed by atoms with Gasteiger partial charge >= 0.3 is 0 Å². The van der Waals surface area contributed by atoms with Crippen molar-refractivity contribution in [1.29, 1.82) is 0 Å². The maximum absolute atomic E-state index is 12.3. The third-order valence-electron chi connectivity index (χ3n) is 3.19. The van der Waals surface area contributed by atoms with Gasteiger partial charge in [0.2, 0.25) is 5.91 Å². The summed E-state index contributed by atoms with van der Waals surface area (Å²) in [6.45, 7) is 6.45. The van der Waals surface area contributed by atoms with Crippen LogP contribution in [0.5, 0.6) is 0 Å². The van der Waals surface area contributed by atoms with Gasteiger partial charge in [0.15, 0.2) is 0 Å². The van der Waals surface area contributed by atoms with Crippen LogP contribution in [0.1, 0.15) is 20.3 Å². The topological polar surface area (TPSA) is 49.6 Å². The van der Waals surface area contributed by atoms with Crippen LogP contribution in [0.3, 0.4) is 0 Å². The molecule has 0 saturated carbocycles. The first kappa shape index (κ1) is 16.4. The highest BCUT2D eigenvalue weighted by molar-refractivity contribution is 7.80. The maximum Gasteiger partial charge on any atom is 0.242 e. The first-order valence-corrected chi connectivity index (χ1v) is 7.35. The molecule has 0 bridgehead atoms. The number of thiocarbonyl (C=S) groups is 1. The normalized spacial score (nSPS) is 10.1. The third-order valence-corrected chi connectivity index (χ3v) is 3.40. The molecule has 5 heteroatoms. The number of nitrogens with zero attached hydrogens (tertiary/aromatic N) is 2. The lowest BCUT2D eigenvalue weighted by Crippen LogP contribution is -2.41. The average molecular weight is 293 g/mol. The zero-order chi connectivity index (χ0) is 15.0. The van der Waals surface area contributed by atoms with E-state index >= 15 is 0 Å². The van der Waals surface area contributed by atoms with Crippen molar-refractivity contribution in [3.05, 3.63) is 30.3 Å². The molecule has 1 aromatic carbocycles. The average Bonchev–Trinajstić information content (AvgIpc) is 2.45. The van der Waals surface area contributed by atoms with Gasteiger partial charge in [-0.25, -0.2) is 0 Å². The van der Waals surface area contributed by atoms with E-state index in [1.54, 1.807) is 0 Å². The summed E-state index contributed by atoms with van der Waals surface area (Å²) in [5, 5.41) is 0. The lowest BCUT2D eigenvalue weighted by molar-refractivity contribution is -0.129. The number of rotatable bonds is 8. The van der Waals surface area contributed by atoms with Gasteiger partial charge in [-0.1, -0.05) is 30.4 Å². The lowest BCUT2D eigenvalue weighted by atomic mass is 10.2. The van der Waals surface area contributed by atoms with Gasteiger partial charge < -0.3 is 15.5 Å². The van der Waals surface area contributed by atoms with E-state index in [1.807, 2.05) is 54.0 Å². The number of carbonyl (C=O) groups is 1. The molecule has 0 heterocycles. The van der Waals surface area contributed by atoms with E-state index in [0.717, 1.165) is 18.8 Å². The van der Waals surface area contributed by atoms with Crippen molar-refractivity contribution in [3.63, 3.8) is 0 Å². The van der Waals surface area contributed by atoms with Crippen LogP contribution in [0.4, 0.5) is 5.69 Å². The SMILES string of the molecule is CCN(CC)C(=O)CN(CCC(N)=S)c1ccccc1. The van der Waals surface area contributed by atoms with Crippen LogP contribution in [0.15, 0.2) is 30.3 Å². The fourth-order valence-electron chi connectivity index (χ4n) is 2.02. The first-order valence-electron chi connectivity index (χ1n) is 6.94. The molecule has 0 aliphatic heterocycles. The lowest BCUT2D eigenvalue weighted by Gasteiger charge is -2.27. The summed E-state index contributed by atoms with van der Waals surface area (Å²) < 4.78 is 0. The number of amides is 1. The molecule has 0 aromatic heterocycles. The molecule has 0 saturated heterocycles. The van der Waals surface area contributed by atoms with Gasteiger partial charge in [0.05, 0.1) is 11.5 Å². The van der Waals surface area contributed by atoms with E-state index in [1.165, 1.54) is 0 Å². The van der Waals surface area contributed by atoms with Crippen LogP contribution in [0.2, 0.25) is 0 Å². The molecule has 0 atom stereocenters. The molecule has 1 aromatic rings. The molecular weight excluding hydrogens is 270 g/mol. The number of hydrogen-bond donors (Lipinski definition) is 1. The Balaban J connectivity index is 2.77. The van der Waals surface area contributed by atoms with Crippen molar-refractivity contribution in [2.75, 3.05) is 31.1 Å². The van der Waals surface area contributed by atoms with Gasteiger partial charge in [0.1, 0.15) is 0 Å². The predicted molar refractivity (Wildman–Crippen MR) is 88.0 cm³/mol. The molecule has 0 aliphatic rings. The highest BCUT2D eigenvalue weighted by atomic mass is 32.1. The van der Waals surface area contributed by atoms with Crippen LogP contribution in [0.25, 0.3) is 0 Å². The van der Waals surface area contributed by atoms with Crippen molar-refractivity contribution < 1.29 is 4.79 Å². The van der Waals surface area contributed by atoms with Gasteiger partial charge in [-0.05, 0) is 26.0 Å². The highest BCUT2D eigenvalue weighted by Crippen LogP contribution is 2.14. The van der Waals surface area contributed by atoms with Crippen LogP contribution in [-0.2, 0) is 4.79 Å². The summed E-state index contributed by atoms with van der Waals surface area (Å²) in [5.41, 5.74) is 6.59. The standard InChI is InChI=1S/C15H23N3OS/c1-3-17(4-2)15(19)12-18(11-10-14(16)20)13-8-6-5-7-9-13/h5-9H,3-4,10-12H2,1-2H3,(H2,16,20). The Labute approximate surface area is 126 Å². The monoisotopic (exact) mass is 293 g/mol. The Morgan fingerprint density at radius 2 is 1.80 bits per heavy atom. The van der Waals surface area contributed by atoms with E-state index in [9.17, 15) is 4.79 Å². The molecular formula is C15H23N3OS. The largest absolute Gasteiger partial charge is 0.393 e. The molecule has 0 unspecified atom stereocenters. The quantitative estimate of drug-likeness (QED) is 0.745. The molecule has 1 rings (SSSR count). The van der Waals surface area contributed by atoms with Crippen LogP contribution in [-0.4, -0.2) is 42.0 Å². The van der Waals surface area contributed by atoms with Gasteiger partial charge in [-0.3, -0.25) is 4.79 Å². The number of nitrogens with two attached hydrogens (primary N) is 1. The molecule has 20 heavy (non-hydrogen) atoms. The summed E-state index contributed by atoms with van der Waals surface area (Å²) in [5.74, 6) is 0.127. The molecule has 0 fully saturated rings. The van der Waals surface area contributed by atoms with Crippen molar-refractivity contribution in [3.8, 4) is 0 Å². The van der Waals surface area contributed by atoms with Gasteiger partial charge in [0, 0.05) is 31.7 Å². The number of likely N-dealkylation sites (N-methyl/N-ethyl adjacent to an activating group) is 1. The summed E-state index contributed by atoms with van der Waals surface area (Å²) >= 11 is 4.93. The van der Waals surface area contributed by atoms with Crippen molar-refractivity contribution >= 4 is 28.8 Å². The summed E-state index contributed by atoms with van der Waals surface area (Å²) in [6.07, 6.45) is 0.607. The molecule has 0 spiro atoms. The Hall–Kier alpha value is -1.62. The second kappa shape index (κ2) is 8.53. The van der Waals surface area contributed by atoms with Crippen molar-refractivity contribution in [1.82, 2.24) is 4.90 Å². The molecule has 110 valence electrons. The van der Waals surface area contributed by atoms with Crippen molar-refractivity contribution in [2.45, 2.75) is 20.3 Å². The molecule has 0 radical (unpaired) electrons. The highest BCUT2D eigenvalue weighted by Gasteiger charge is 2.15. The second-order valence-electron chi connectivity index (χ2n) is 4.54. The number of anilines is 1. The van der Waals surface area contributed by atoms with Gasteiger partial charge in [0.25, 0.3) is 0 Å². The Kier molecular flexibility index (Phi) is 7.01. The molecule has 0 aliphatic carbocycles. The van der Waals surface area contributed by atoms with Gasteiger partial charge in [-0.2, -0.15) is 0 Å². The number of hydrogen-bond acceptors (Lipinski definition) is 3. The first-order chi connectivity index (χ1) is 9.58. The third kappa shape index (κ3) is 5.17. The number of benzene rings is 1. The molecule has 2 N–H and O–H groups in total. The van der Waals surface area contributed by atoms with E-state index in [-0.39, 0.29) is 5.91 Å². The fourth-order valence-corrected chi connectivity index (χ4v) is 2.11. The number of carbonyl (C=O) groups excluding carboxylic acids is 1. The minimum Gasteiger partial charge on any atom is -0.393 e. The van der Waals surface area contributed by atoms with Crippen LogP contribution < -0.4 is 10.6 Å². The minimum atomic E-state index is 0.127.